The summed E-state index contributed by atoms with van der Waals surface area (Å²) in [5, 5.41) is 12.2. The second-order valence-corrected chi connectivity index (χ2v) is 5.40. The molecule has 0 radical (unpaired) electrons. The molecule has 1 unspecified atom stereocenters. The van der Waals surface area contributed by atoms with Gasteiger partial charge in [-0.2, -0.15) is 0 Å². The van der Waals surface area contributed by atoms with Crippen molar-refractivity contribution < 1.29 is 5.11 Å². The Kier molecular flexibility index (Phi) is 4.11. The van der Waals surface area contributed by atoms with Crippen LogP contribution in [0.4, 0.5) is 0 Å². The third-order valence-corrected chi connectivity index (χ3v) is 4.13. The molecular formula is C15H16NOP. The standard InChI is InChI=1S/C15H16NOP/c1-11-6-5-9-14(15(11)17)18-13-8-4-3-7-12(13)10-16-2/h3-10,17-18H,1-2H3. The number of phenols is 1. The second kappa shape index (κ2) is 5.79. The minimum Gasteiger partial charge on any atom is -0.507 e. The third kappa shape index (κ3) is 2.77. The first-order valence-electron chi connectivity index (χ1n) is 5.79. The van der Waals surface area contributed by atoms with Gasteiger partial charge >= 0.3 is 0 Å². The molecule has 0 aliphatic carbocycles. The molecular weight excluding hydrogens is 241 g/mol. The highest BCUT2D eigenvalue weighted by Gasteiger charge is 2.06. The summed E-state index contributed by atoms with van der Waals surface area (Å²) in [5.41, 5.74) is 2.03. The van der Waals surface area contributed by atoms with Crippen molar-refractivity contribution in [3.63, 3.8) is 0 Å². The van der Waals surface area contributed by atoms with Crippen LogP contribution in [0, 0.1) is 6.92 Å². The summed E-state index contributed by atoms with van der Waals surface area (Å²) in [7, 11) is 2.21. The molecule has 0 spiro atoms. The lowest BCUT2D eigenvalue weighted by Gasteiger charge is -2.09. The number of aromatic hydroxyl groups is 1. The molecule has 1 N–H and O–H groups in total. The normalized spacial score (nSPS) is 11.7. The Morgan fingerprint density at radius 3 is 2.56 bits per heavy atom. The lowest BCUT2D eigenvalue weighted by atomic mass is 10.2. The number of para-hydroxylation sites is 1. The van der Waals surface area contributed by atoms with Crippen molar-refractivity contribution in [2.45, 2.75) is 6.92 Å². The Labute approximate surface area is 109 Å². The minimum absolute atomic E-state index is 0.402. The number of aryl methyl sites for hydroxylation is 1. The monoisotopic (exact) mass is 257 g/mol. The number of benzene rings is 2. The summed E-state index contributed by atoms with van der Waals surface area (Å²) in [6, 6.07) is 14.0. The first-order valence-corrected chi connectivity index (χ1v) is 6.79. The summed E-state index contributed by atoms with van der Waals surface area (Å²) < 4.78 is 0. The maximum Gasteiger partial charge on any atom is 0.126 e. The van der Waals surface area contributed by atoms with E-state index in [0.717, 1.165) is 16.4 Å². The van der Waals surface area contributed by atoms with Crippen LogP contribution in [0.5, 0.6) is 5.75 Å². The average Bonchev–Trinajstić information content (AvgIpc) is 2.37. The van der Waals surface area contributed by atoms with E-state index in [1.165, 1.54) is 5.30 Å². The summed E-state index contributed by atoms with van der Waals surface area (Å²) in [6.45, 7) is 1.92. The zero-order valence-electron chi connectivity index (χ0n) is 10.5. The van der Waals surface area contributed by atoms with Crippen molar-refractivity contribution in [2.75, 3.05) is 7.05 Å². The van der Waals surface area contributed by atoms with Crippen LogP contribution >= 0.6 is 8.58 Å². The van der Waals surface area contributed by atoms with Gasteiger partial charge in [0.25, 0.3) is 0 Å². The predicted octanol–water partition coefficient (Wildman–Crippen LogP) is 2.38. The van der Waals surface area contributed by atoms with Crippen LogP contribution in [0.1, 0.15) is 11.1 Å². The Morgan fingerprint density at radius 1 is 1.06 bits per heavy atom. The van der Waals surface area contributed by atoms with Gasteiger partial charge in [-0.05, 0) is 23.4 Å². The first kappa shape index (κ1) is 12.8. The fourth-order valence-corrected chi connectivity index (χ4v) is 3.02. The Balaban J connectivity index is 2.37. The maximum atomic E-state index is 10.1. The molecule has 0 bridgehead atoms. The van der Waals surface area contributed by atoms with E-state index in [0.29, 0.717) is 14.3 Å². The number of phenolic OH excluding ortho intramolecular Hbond substituents is 1. The summed E-state index contributed by atoms with van der Waals surface area (Å²) >= 11 is 0. The van der Waals surface area contributed by atoms with Crippen molar-refractivity contribution in [3.05, 3.63) is 53.6 Å². The molecule has 0 fully saturated rings. The molecule has 0 aromatic heterocycles. The topological polar surface area (TPSA) is 32.6 Å². The fraction of sp³-hybridized carbons (Fsp3) is 0.133. The zero-order chi connectivity index (χ0) is 13.0. The van der Waals surface area contributed by atoms with Crippen molar-refractivity contribution in [2.24, 2.45) is 4.99 Å². The van der Waals surface area contributed by atoms with E-state index in [-0.39, 0.29) is 0 Å². The smallest absolute Gasteiger partial charge is 0.126 e. The molecule has 0 saturated carbocycles. The van der Waals surface area contributed by atoms with E-state index < -0.39 is 0 Å². The van der Waals surface area contributed by atoms with Crippen LogP contribution < -0.4 is 10.6 Å². The van der Waals surface area contributed by atoms with Gasteiger partial charge in [-0.3, -0.25) is 4.99 Å². The lowest BCUT2D eigenvalue weighted by Crippen LogP contribution is -2.09. The first-order chi connectivity index (χ1) is 8.72. The van der Waals surface area contributed by atoms with Gasteiger partial charge in [-0.1, -0.05) is 51.0 Å². The summed E-state index contributed by atoms with van der Waals surface area (Å²) in [5.74, 6) is 0.402. The predicted molar refractivity (Wildman–Crippen MR) is 80.4 cm³/mol. The van der Waals surface area contributed by atoms with Crippen LogP contribution in [0.25, 0.3) is 0 Å². The molecule has 0 aliphatic rings. The molecule has 2 nitrogen and oxygen atoms in total. The van der Waals surface area contributed by atoms with Crippen LogP contribution in [-0.4, -0.2) is 18.4 Å². The molecule has 1 atom stereocenters. The summed E-state index contributed by atoms with van der Waals surface area (Å²) in [4.78, 5) is 4.07. The van der Waals surface area contributed by atoms with E-state index in [9.17, 15) is 5.11 Å². The van der Waals surface area contributed by atoms with Gasteiger partial charge in [0.05, 0.1) is 0 Å². The van der Waals surface area contributed by atoms with Crippen LogP contribution in [-0.2, 0) is 0 Å². The molecule has 0 aliphatic heterocycles. The van der Waals surface area contributed by atoms with Gasteiger partial charge in [-0.25, -0.2) is 0 Å². The van der Waals surface area contributed by atoms with Gasteiger partial charge in [-0.15, -0.1) is 0 Å². The number of aliphatic imine (C=N–C) groups is 1. The van der Waals surface area contributed by atoms with Gasteiger partial charge in [0.2, 0.25) is 0 Å². The van der Waals surface area contributed by atoms with Gasteiger partial charge in [0, 0.05) is 18.6 Å². The van der Waals surface area contributed by atoms with Gasteiger partial charge in [0.1, 0.15) is 5.75 Å². The number of hydrogen-bond donors (Lipinski definition) is 1. The summed E-state index contributed by atoms with van der Waals surface area (Å²) in [6.07, 6.45) is 1.86. The van der Waals surface area contributed by atoms with E-state index in [1.54, 1.807) is 7.05 Å². The highest BCUT2D eigenvalue weighted by Crippen LogP contribution is 2.22. The van der Waals surface area contributed by atoms with E-state index in [2.05, 4.69) is 11.1 Å². The zero-order valence-corrected chi connectivity index (χ0v) is 11.5. The molecule has 18 heavy (non-hydrogen) atoms. The molecule has 0 saturated heterocycles. The average molecular weight is 257 g/mol. The SMILES string of the molecule is CN=Cc1ccccc1Pc1cccc(C)c1O. The Hall–Kier alpha value is -1.66. The molecule has 0 amide bonds. The van der Waals surface area contributed by atoms with Crippen molar-refractivity contribution in [1.82, 2.24) is 0 Å². The quantitative estimate of drug-likeness (QED) is 0.664. The number of hydrogen-bond acceptors (Lipinski definition) is 2. The fourth-order valence-electron chi connectivity index (χ4n) is 1.77. The molecule has 3 heteroatoms. The largest absolute Gasteiger partial charge is 0.507 e. The number of nitrogens with zero attached hydrogens (tertiary/aromatic N) is 1. The van der Waals surface area contributed by atoms with E-state index in [1.807, 2.05) is 49.5 Å². The molecule has 2 rings (SSSR count). The van der Waals surface area contributed by atoms with Gasteiger partial charge < -0.3 is 5.11 Å². The minimum atomic E-state index is 0.402. The Bertz CT molecular complexity index is 578. The van der Waals surface area contributed by atoms with Crippen molar-refractivity contribution >= 4 is 25.4 Å². The third-order valence-electron chi connectivity index (χ3n) is 2.74. The van der Waals surface area contributed by atoms with Crippen molar-refractivity contribution in [1.29, 1.82) is 0 Å². The highest BCUT2D eigenvalue weighted by molar-refractivity contribution is 7.56. The number of rotatable bonds is 3. The molecule has 0 heterocycles. The molecule has 2 aromatic rings. The van der Waals surface area contributed by atoms with E-state index in [4.69, 9.17) is 0 Å². The van der Waals surface area contributed by atoms with E-state index >= 15 is 0 Å². The van der Waals surface area contributed by atoms with Crippen LogP contribution in [0.2, 0.25) is 0 Å². The highest BCUT2D eigenvalue weighted by atomic mass is 31.1. The lowest BCUT2D eigenvalue weighted by molar-refractivity contribution is 0.475. The second-order valence-electron chi connectivity index (χ2n) is 4.07. The van der Waals surface area contributed by atoms with Gasteiger partial charge in [0.15, 0.2) is 0 Å². The van der Waals surface area contributed by atoms with Crippen molar-refractivity contribution in [3.8, 4) is 5.75 Å². The van der Waals surface area contributed by atoms with Crippen LogP contribution in [0.3, 0.4) is 0 Å². The molecule has 2 aromatic carbocycles. The van der Waals surface area contributed by atoms with Crippen LogP contribution in [0.15, 0.2) is 47.5 Å². The molecule has 92 valence electrons. The maximum absolute atomic E-state index is 10.1. The Morgan fingerprint density at radius 2 is 1.78 bits per heavy atom.